The van der Waals surface area contributed by atoms with E-state index < -0.39 is 12.2 Å². The zero-order chi connectivity index (χ0) is 13.7. The Balaban J connectivity index is 2.53. The number of hydrogen-bond acceptors (Lipinski definition) is 6. The number of thiophene rings is 1. The van der Waals surface area contributed by atoms with E-state index in [0.717, 1.165) is 11.8 Å². The highest BCUT2D eigenvalue weighted by Crippen LogP contribution is 2.27. The van der Waals surface area contributed by atoms with Crippen LogP contribution < -0.4 is 0 Å². The molecule has 1 aromatic rings. The van der Waals surface area contributed by atoms with Gasteiger partial charge in [-0.25, -0.2) is 0 Å². The summed E-state index contributed by atoms with van der Waals surface area (Å²) in [4.78, 5) is 23.0. The molecule has 0 spiro atoms. The molecule has 100 valence electrons. The number of aliphatic hydroxyl groups excluding tert-OH is 2. The number of Topliss-reactive ketones (excluding diaryl/α,β-unsaturated/α-hetero) is 1. The van der Waals surface area contributed by atoms with Crippen LogP contribution >= 0.6 is 23.1 Å². The summed E-state index contributed by atoms with van der Waals surface area (Å²) in [6.07, 6.45) is -1.59. The van der Waals surface area contributed by atoms with Gasteiger partial charge in [-0.15, -0.1) is 11.3 Å². The molecule has 0 amide bonds. The van der Waals surface area contributed by atoms with Crippen molar-refractivity contribution in [3.05, 3.63) is 21.9 Å². The van der Waals surface area contributed by atoms with Crippen molar-refractivity contribution in [3.8, 4) is 0 Å². The monoisotopic (exact) mass is 288 g/mol. The molecule has 6 heteroatoms. The third-order valence-corrected chi connectivity index (χ3v) is 4.45. The van der Waals surface area contributed by atoms with Gasteiger partial charge in [0.05, 0.1) is 11.0 Å². The first-order valence-corrected chi connectivity index (χ1v) is 7.32. The fourth-order valence-corrected chi connectivity index (χ4v) is 2.97. The van der Waals surface area contributed by atoms with Gasteiger partial charge in [-0.2, -0.15) is 0 Å². The summed E-state index contributed by atoms with van der Waals surface area (Å²) in [7, 11) is 0. The van der Waals surface area contributed by atoms with Crippen LogP contribution in [0.25, 0.3) is 0 Å². The Kier molecular flexibility index (Phi) is 6.01. The van der Waals surface area contributed by atoms with Gasteiger partial charge in [-0.3, -0.25) is 9.59 Å². The van der Waals surface area contributed by atoms with Crippen molar-refractivity contribution < 1.29 is 19.8 Å². The van der Waals surface area contributed by atoms with Crippen molar-refractivity contribution in [3.63, 3.8) is 0 Å². The number of rotatable bonds is 6. The van der Waals surface area contributed by atoms with Crippen LogP contribution in [0.3, 0.4) is 0 Å². The number of hydrogen-bond donors (Lipinski definition) is 2. The van der Waals surface area contributed by atoms with Gasteiger partial charge < -0.3 is 10.2 Å². The minimum atomic E-state index is -1.00. The van der Waals surface area contributed by atoms with E-state index in [2.05, 4.69) is 0 Å². The predicted molar refractivity (Wildman–Crippen MR) is 73.0 cm³/mol. The average Bonchev–Trinajstić information content (AvgIpc) is 2.76. The number of carbonyl (C=O) groups is 2. The van der Waals surface area contributed by atoms with Crippen LogP contribution in [0.1, 0.15) is 40.9 Å². The molecule has 0 bridgehead atoms. The highest BCUT2D eigenvalue weighted by atomic mass is 32.2. The molecular formula is C12H16O4S2. The van der Waals surface area contributed by atoms with E-state index in [1.165, 1.54) is 25.2 Å². The maximum atomic E-state index is 11.1. The lowest BCUT2D eigenvalue weighted by atomic mass is 10.1. The van der Waals surface area contributed by atoms with Crippen LogP contribution in [0.2, 0.25) is 0 Å². The Labute approximate surface area is 114 Å². The van der Waals surface area contributed by atoms with E-state index in [-0.39, 0.29) is 10.9 Å². The van der Waals surface area contributed by atoms with Crippen LogP contribution in [0.15, 0.2) is 12.1 Å². The molecule has 2 N–H and O–H groups in total. The van der Waals surface area contributed by atoms with Crippen molar-refractivity contribution >= 4 is 34.0 Å². The highest BCUT2D eigenvalue weighted by molar-refractivity contribution is 8.13. The van der Waals surface area contributed by atoms with E-state index in [0.29, 0.717) is 21.9 Å². The molecule has 1 heterocycles. The van der Waals surface area contributed by atoms with Crippen LogP contribution in [0.5, 0.6) is 0 Å². The van der Waals surface area contributed by atoms with Crippen molar-refractivity contribution in [1.29, 1.82) is 0 Å². The molecule has 0 saturated carbocycles. The van der Waals surface area contributed by atoms with E-state index in [9.17, 15) is 19.8 Å². The lowest BCUT2D eigenvalue weighted by molar-refractivity contribution is -0.109. The molecule has 0 fully saturated rings. The Morgan fingerprint density at radius 1 is 1.33 bits per heavy atom. The van der Waals surface area contributed by atoms with Crippen LogP contribution in [-0.2, 0) is 4.79 Å². The molecule has 18 heavy (non-hydrogen) atoms. The van der Waals surface area contributed by atoms with Crippen molar-refractivity contribution in [2.45, 2.75) is 32.5 Å². The van der Waals surface area contributed by atoms with E-state index >= 15 is 0 Å². The van der Waals surface area contributed by atoms with Crippen molar-refractivity contribution in [2.75, 3.05) is 5.75 Å². The Hall–Kier alpha value is -0.690. The van der Waals surface area contributed by atoms with Crippen molar-refractivity contribution in [2.24, 2.45) is 0 Å². The molecule has 2 unspecified atom stereocenters. The molecule has 0 aliphatic carbocycles. The van der Waals surface area contributed by atoms with E-state index in [4.69, 9.17) is 0 Å². The second kappa shape index (κ2) is 7.04. The Morgan fingerprint density at radius 3 is 2.50 bits per heavy atom. The lowest BCUT2D eigenvalue weighted by Gasteiger charge is -2.15. The minimum Gasteiger partial charge on any atom is -0.390 e. The summed E-state index contributed by atoms with van der Waals surface area (Å²) < 4.78 is 0. The second-order valence-electron chi connectivity index (χ2n) is 3.90. The summed E-state index contributed by atoms with van der Waals surface area (Å²) >= 11 is 2.31. The molecule has 0 aliphatic rings. The Morgan fingerprint density at radius 2 is 2.00 bits per heavy atom. The number of carbonyl (C=O) groups excluding carboxylic acids is 2. The predicted octanol–water partition coefficient (Wildman–Crippen LogP) is 2.01. The second-order valence-corrected chi connectivity index (χ2v) is 6.29. The molecule has 0 saturated heterocycles. The van der Waals surface area contributed by atoms with Crippen LogP contribution in [-0.4, -0.2) is 33.0 Å². The Bertz CT molecular complexity index is 427. The smallest absolute Gasteiger partial charge is 0.185 e. The number of ketones is 1. The molecular weight excluding hydrogens is 272 g/mol. The van der Waals surface area contributed by atoms with Crippen LogP contribution in [0, 0.1) is 0 Å². The third kappa shape index (κ3) is 4.53. The first-order chi connectivity index (χ1) is 8.41. The summed E-state index contributed by atoms with van der Waals surface area (Å²) in [5.41, 5.74) is 0. The zero-order valence-electron chi connectivity index (χ0n) is 10.3. The number of aliphatic hydroxyl groups is 2. The van der Waals surface area contributed by atoms with Gasteiger partial charge in [0.1, 0.15) is 6.10 Å². The fourth-order valence-electron chi connectivity index (χ4n) is 1.37. The first-order valence-electron chi connectivity index (χ1n) is 5.52. The normalized spacial score (nSPS) is 14.2. The maximum absolute atomic E-state index is 11.1. The molecule has 0 aliphatic heterocycles. The van der Waals surface area contributed by atoms with E-state index in [1.54, 1.807) is 12.1 Å². The summed E-state index contributed by atoms with van der Waals surface area (Å²) in [6.45, 7) is 2.92. The molecule has 2 atom stereocenters. The quantitative estimate of drug-likeness (QED) is 0.783. The van der Waals surface area contributed by atoms with Gasteiger partial charge in [0.25, 0.3) is 0 Å². The summed E-state index contributed by atoms with van der Waals surface area (Å²) in [5, 5.41) is 19.7. The molecule has 0 aromatic carbocycles. The molecule has 1 rings (SSSR count). The maximum Gasteiger partial charge on any atom is 0.185 e. The topological polar surface area (TPSA) is 74.6 Å². The van der Waals surface area contributed by atoms with Gasteiger partial charge in [-0.05, 0) is 25.5 Å². The minimum absolute atomic E-state index is 0.00770. The zero-order valence-corrected chi connectivity index (χ0v) is 11.9. The number of thioether (sulfide) groups is 1. The van der Waals surface area contributed by atoms with Gasteiger partial charge in [-0.1, -0.05) is 11.8 Å². The lowest BCUT2D eigenvalue weighted by Crippen LogP contribution is -2.18. The van der Waals surface area contributed by atoms with Gasteiger partial charge in [0, 0.05) is 17.6 Å². The highest BCUT2D eigenvalue weighted by Gasteiger charge is 2.20. The SMILES string of the molecule is CC(=O)SCCC(O)C(O)c1ccc(C(C)=O)s1. The average molecular weight is 288 g/mol. The largest absolute Gasteiger partial charge is 0.390 e. The fraction of sp³-hybridized carbons (Fsp3) is 0.500. The molecule has 0 radical (unpaired) electrons. The summed E-state index contributed by atoms with van der Waals surface area (Å²) in [6, 6.07) is 3.29. The van der Waals surface area contributed by atoms with Crippen molar-refractivity contribution in [1.82, 2.24) is 0 Å². The summed E-state index contributed by atoms with van der Waals surface area (Å²) in [5.74, 6) is 0.415. The van der Waals surface area contributed by atoms with E-state index in [1.807, 2.05) is 0 Å². The molecule has 4 nitrogen and oxygen atoms in total. The standard InChI is InChI=1S/C12H16O4S2/c1-7(13)10-3-4-11(18-10)12(16)9(15)5-6-17-8(2)14/h3-4,9,12,15-16H,5-6H2,1-2H3. The van der Waals surface area contributed by atoms with Gasteiger partial charge >= 0.3 is 0 Å². The first kappa shape index (κ1) is 15.4. The van der Waals surface area contributed by atoms with Gasteiger partial charge in [0.15, 0.2) is 10.9 Å². The van der Waals surface area contributed by atoms with Gasteiger partial charge in [0.2, 0.25) is 0 Å². The van der Waals surface area contributed by atoms with Crippen LogP contribution in [0.4, 0.5) is 0 Å². The molecule has 1 aromatic heterocycles. The third-order valence-electron chi connectivity index (χ3n) is 2.35.